The number of aromatic nitrogens is 2. The minimum absolute atomic E-state index is 0.0488. The van der Waals surface area contributed by atoms with E-state index >= 15 is 0 Å². The van der Waals surface area contributed by atoms with Gasteiger partial charge in [-0.1, -0.05) is 18.2 Å². The van der Waals surface area contributed by atoms with Crippen molar-refractivity contribution in [1.29, 1.82) is 0 Å². The van der Waals surface area contributed by atoms with Gasteiger partial charge in [-0.3, -0.25) is 4.79 Å². The van der Waals surface area contributed by atoms with E-state index in [1.54, 1.807) is 36.1 Å². The fraction of sp³-hybridized carbons (Fsp3) is 0.238. The number of nitrogens with one attached hydrogen (secondary N) is 1. The Balaban J connectivity index is 1.66. The number of hydrogen-bond donors (Lipinski definition) is 1. The van der Waals surface area contributed by atoms with Gasteiger partial charge in [-0.15, -0.1) is 0 Å². The van der Waals surface area contributed by atoms with Crippen LogP contribution in [0.5, 0.6) is 0 Å². The Kier molecular flexibility index (Phi) is 5.91. The van der Waals surface area contributed by atoms with Crippen LogP contribution in [-0.2, 0) is 17.4 Å². The molecule has 2 aromatic carbocycles. The Morgan fingerprint density at radius 3 is 2.52 bits per heavy atom. The summed E-state index contributed by atoms with van der Waals surface area (Å²) >= 11 is 0. The van der Waals surface area contributed by atoms with Crippen LogP contribution in [0, 0.1) is 0 Å². The molecule has 0 radical (unpaired) electrons. The van der Waals surface area contributed by atoms with Gasteiger partial charge in [0, 0.05) is 32.4 Å². The van der Waals surface area contributed by atoms with E-state index in [9.17, 15) is 18.0 Å². The Hall–Kier alpha value is -3.29. The molecule has 0 aliphatic rings. The van der Waals surface area contributed by atoms with Gasteiger partial charge in [-0.25, -0.2) is 4.68 Å². The number of alkyl halides is 3. The van der Waals surface area contributed by atoms with E-state index in [0.29, 0.717) is 12.1 Å². The Morgan fingerprint density at radius 2 is 1.86 bits per heavy atom. The summed E-state index contributed by atoms with van der Waals surface area (Å²) in [5.74, 6) is -0.486. The summed E-state index contributed by atoms with van der Waals surface area (Å²) in [5, 5.41) is 6.64. The molecule has 0 aliphatic carbocycles. The highest BCUT2D eigenvalue weighted by atomic mass is 19.4. The lowest BCUT2D eigenvalue weighted by Gasteiger charge is -2.18. The van der Waals surface area contributed by atoms with Gasteiger partial charge in [0.25, 0.3) is 0 Å². The van der Waals surface area contributed by atoms with Crippen molar-refractivity contribution in [3.05, 3.63) is 72.1 Å². The number of aryl methyl sites for hydroxylation is 1. The molecule has 152 valence electrons. The number of benzene rings is 2. The second-order valence-electron chi connectivity index (χ2n) is 6.80. The van der Waals surface area contributed by atoms with E-state index in [0.717, 1.165) is 17.3 Å². The van der Waals surface area contributed by atoms with E-state index in [1.165, 1.54) is 12.1 Å². The van der Waals surface area contributed by atoms with Gasteiger partial charge >= 0.3 is 6.18 Å². The number of amides is 1. The monoisotopic (exact) mass is 402 g/mol. The Morgan fingerprint density at radius 1 is 1.14 bits per heavy atom. The minimum Gasteiger partial charge on any atom is -0.378 e. The topological polar surface area (TPSA) is 50.2 Å². The number of carbonyl (C=O) groups is 1. The summed E-state index contributed by atoms with van der Waals surface area (Å²) in [4.78, 5) is 13.8. The number of carbonyl (C=O) groups excluding carboxylic acids is 1. The first-order valence-corrected chi connectivity index (χ1v) is 9.01. The highest BCUT2D eigenvalue weighted by Crippen LogP contribution is 2.37. The third-order valence-electron chi connectivity index (χ3n) is 4.40. The predicted molar refractivity (Wildman–Crippen MR) is 106 cm³/mol. The number of rotatable bonds is 6. The predicted octanol–water partition coefficient (Wildman–Crippen LogP) is 4.53. The van der Waals surface area contributed by atoms with Gasteiger partial charge in [-0.05, 0) is 42.3 Å². The molecule has 3 rings (SSSR count). The lowest BCUT2D eigenvalue weighted by molar-refractivity contribution is -0.136. The summed E-state index contributed by atoms with van der Waals surface area (Å²) in [6.07, 6.45) is -0.697. The molecule has 0 bridgehead atoms. The highest BCUT2D eigenvalue weighted by molar-refractivity contribution is 5.92. The summed E-state index contributed by atoms with van der Waals surface area (Å²) in [6, 6.07) is 13.3. The molecular weight excluding hydrogens is 381 g/mol. The third-order valence-corrected chi connectivity index (χ3v) is 4.40. The zero-order chi connectivity index (χ0) is 21.0. The Labute approximate surface area is 166 Å². The van der Waals surface area contributed by atoms with Gasteiger partial charge in [0.05, 0.1) is 23.1 Å². The smallest absolute Gasteiger partial charge is 0.378 e. The van der Waals surface area contributed by atoms with E-state index in [2.05, 4.69) is 10.4 Å². The van der Waals surface area contributed by atoms with Crippen molar-refractivity contribution in [1.82, 2.24) is 9.78 Å². The van der Waals surface area contributed by atoms with Crippen molar-refractivity contribution in [2.24, 2.45) is 0 Å². The average Bonchev–Trinajstić information content (AvgIpc) is 3.15. The third kappa shape index (κ3) is 5.16. The van der Waals surface area contributed by atoms with Crippen molar-refractivity contribution in [3.63, 3.8) is 0 Å². The Bertz CT molecular complexity index is 981. The molecule has 29 heavy (non-hydrogen) atoms. The van der Waals surface area contributed by atoms with Crippen molar-refractivity contribution in [2.75, 3.05) is 24.3 Å². The quantitative estimate of drug-likeness (QED) is 0.659. The average molecular weight is 402 g/mol. The SMILES string of the molecule is CN(C)c1ccc(NC(=O)CCc2cnn(-c3ccccc3)c2)c(C(F)(F)F)c1. The maximum atomic E-state index is 13.4. The van der Waals surface area contributed by atoms with Gasteiger partial charge < -0.3 is 10.2 Å². The van der Waals surface area contributed by atoms with E-state index in [1.807, 2.05) is 30.3 Å². The van der Waals surface area contributed by atoms with Gasteiger partial charge in [-0.2, -0.15) is 18.3 Å². The summed E-state index contributed by atoms with van der Waals surface area (Å²) in [5.41, 5.74) is 1.01. The number of anilines is 2. The standard InChI is InChI=1S/C21H21F3N4O/c1-27(2)17-9-10-19(18(12-17)21(22,23)24)26-20(29)11-8-15-13-25-28(14-15)16-6-4-3-5-7-16/h3-7,9-10,12-14H,8,11H2,1-2H3,(H,26,29). The molecule has 0 spiro atoms. The molecule has 3 aromatic rings. The molecule has 5 nitrogen and oxygen atoms in total. The molecule has 0 aliphatic heterocycles. The van der Waals surface area contributed by atoms with Crippen molar-refractivity contribution >= 4 is 17.3 Å². The molecule has 0 saturated heterocycles. The largest absolute Gasteiger partial charge is 0.418 e. The van der Waals surface area contributed by atoms with Crippen LogP contribution >= 0.6 is 0 Å². The fourth-order valence-corrected chi connectivity index (χ4v) is 2.84. The highest BCUT2D eigenvalue weighted by Gasteiger charge is 2.34. The molecule has 0 fully saturated rings. The molecule has 1 heterocycles. The second kappa shape index (κ2) is 8.38. The number of para-hydroxylation sites is 1. The van der Waals surface area contributed by atoms with Gasteiger partial charge in [0.15, 0.2) is 0 Å². The van der Waals surface area contributed by atoms with Gasteiger partial charge in [0.1, 0.15) is 0 Å². The van der Waals surface area contributed by atoms with Crippen LogP contribution < -0.4 is 10.2 Å². The first-order chi connectivity index (χ1) is 13.7. The van der Waals surface area contributed by atoms with E-state index in [4.69, 9.17) is 0 Å². The molecular formula is C21H21F3N4O. The summed E-state index contributed by atoms with van der Waals surface area (Å²) in [6.45, 7) is 0. The van der Waals surface area contributed by atoms with E-state index in [-0.39, 0.29) is 12.1 Å². The van der Waals surface area contributed by atoms with Crippen LogP contribution in [0.3, 0.4) is 0 Å². The molecule has 1 aromatic heterocycles. The van der Waals surface area contributed by atoms with Crippen molar-refractivity contribution in [3.8, 4) is 5.69 Å². The lowest BCUT2D eigenvalue weighted by Crippen LogP contribution is -2.18. The van der Waals surface area contributed by atoms with Crippen LogP contribution in [-0.4, -0.2) is 29.8 Å². The van der Waals surface area contributed by atoms with Crippen molar-refractivity contribution in [2.45, 2.75) is 19.0 Å². The fourth-order valence-electron chi connectivity index (χ4n) is 2.84. The van der Waals surface area contributed by atoms with Crippen LogP contribution in [0.15, 0.2) is 60.9 Å². The maximum Gasteiger partial charge on any atom is 0.418 e. The zero-order valence-electron chi connectivity index (χ0n) is 16.1. The van der Waals surface area contributed by atoms with E-state index < -0.39 is 17.6 Å². The molecule has 0 saturated carbocycles. The number of nitrogens with zero attached hydrogens (tertiary/aromatic N) is 3. The molecule has 0 atom stereocenters. The van der Waals surface area contributed by atoms with Crippen LogP contribution in [0.1, 0.15) is 17.5 Å². The molecule has 0 unspecified atom stereocenters. The zero-order valence-corrected chi connectivity index (χ0v) is 16.1. The number of halogens is 3. The lowest BCUT2D eigenvalue weighted by atomic mass is 10.1. The van der Waals surface area contributed by atoms with Crippen LogP contribution in [0.4, 0.5) is 24.5 Å². The van der Waals surface area contributed by atoms with Crippen LogP contribution in [0.2, 0.25) is 0 Å². The van der Waals surface area contributed by atoms with Crippen molar-refractivity contribution < 1.29 is 18.0 Å². The summed E-state index contributed by atoms with van der Waals surface area (Å²) < 4.78 is 41.8. The first-order valence-electron chi connectivity index (χ1n) is 9.01. The normalized spacial score (nSPS) is 11.3. The first kappa shape index (κ1) is 20.4. The van der Waals surface area contributed by atoms with Crippen LogP contribution in [0.25, 0.3) is 5.69 Å². The number of hydrogen-bond acceptors (Lipinski definition) is 3. The van der Waals surface area contributed by atoms with Gasteiger partial charge in [0.2, 0.25) is 5.91 Å². The summed E-state index contributed by atoms with van der Waals surface area (Å²) in [7, 11) is 3.31. The maximum absolute atomic E-state index is 13.4. The molecule has 1 amide bonds. The second-order valence-corrected chi connectivity index (χ2v) is 6.80. The molecule has 1 N–H and O–H groups in total. The molecule has 8 heteroatoms. The minimum atomic E-state index is -4.56.